The lowest BCUT2D eigenvalue weighted by atomic mass is 9.76. The summed E-state index contributed by atoms with van der Waals surface area (Å²) in [5.41, 5.74) is 4.82. The van der Waals surface area contributed by atoms with Gasteiger partial charge in [-0.3, -0.25) is 9.78 Å². The SMILES string of the molecule is CCCC(=O)N1CCC(C2c3ncc(Br)cc3CCc3cc(Cl)cc(Cl)c32)CC1. The third-order valence-corrected chi connectivity index (χ3v) is 7.21. The molecule has 1 unspecified atom stereocenters. The van der Waals surface area contributed by atoms with Gasteiger partial charge in [-0.05, 0) is 88.8 Å². The molecular formula is C23H25BrCl2N2O. The van der Waals surface area contributed by atoms with Gasteiger partial charge < -0.3 is 4.90 Å². The molecule has 2 aromatic rings. The van der Waals surface area contributed by atoms with Gasteiger partial charge in [0.15, 0.2) is 0 Å². The van der Waals surface area contributed by atoms with Crippen LogP contribution in [0, 0.1) is 5.92 Å². The monoisotopic (exact) mass is 494 g/mol. The maximum Gasteiger partial charge on any atom is 0.222 e. The molecule has 1 saturated heterocycles. The minimum absolute atomic E-state index is 0.142. The summed E-state index contributed by atoms with van der Waals surface area (Å²) in [6.07, 6.45) is 7.20. The fourth-order valence-corrected chi connectivity index (χ4v) is 5.92. The lowest BCUT2D eigenvalue weighted by Gasteiger charge is -2.37. The van der Waals surface area contributed by atoms with Gasteiger partial charge in [0.2, 0.25) is 5.91 Å². The van der Waals surface area contributed by atoms with Crippen LogP contribution in [0.1, 0.15) is 60.9 Å². The Bertz CT molecular complexity index is 925. The highest BCUT2D eigenvalue weighted by molar-refractivity contribution is 9.10. The van der Waals surface area contributed by atoms with Gasteiger partial charge in [0, 0.05) is 46.1 Å². The molecule has 2 heterocycles. The van der Waals surface area contributed by atoms with Gasteiger partial charge in [0.1, 0.15) is 0 Å². The zero-order valence-corrected chi connectivity index (χ0v) is 19.7. The average molecular weight is 496 g/mol. The predicted molar refractivity (Wildman–Crippen MR) is 122 cm³/mol. The molecule has 1 aliphatic heterocycles. The number of carbonyl (C=O) groups is 1. The standard InChI is InChI=1S/C23H25BrCl2N2O/c1-2-3-20(29)28-8-6-14(7-9-28)22-21-15(11-18(25)12-19(21)26)4-5-16-10-17(24)13-27-23(16)22/h10-14,22H,2-9H2,1H3. The van der Waals surface area contributed by atoms with Crippen LogP contribution in [0.5, 0.6) is 0 Å². The van der Waals surface area contributed by atoms with Crippen LogP contribution in [-0.4, -0.2) is 28.9 Å². The van der Waals surface area contributed by atoms with E-state index in [1.54, 1.807) is 0 Å². The van der Waals surface area contributed by atoms with Gasteiger partial charge in [0.25, 0.3) is 0 Å². The van der Waals surface area contributed by atoms with E-state index >= 15 is 0 Å². The summed E-state index contributed by atoms with van der Waals surface area (Å²) < 4.78 is 1.00. The highest BCUT2D eigenvalue weighted by atomic mass is 79.9. The molecule has 2 aliphatic rings. The molecule has 6 heteroatoms. The van der Waals surface area contributed by atoms with Crippen LogP contribution in [0.2, 0.25) is 10.0 Å². The molecule has 3 nitrogen and oxygen atoms in total. The van der Waals surface area contributed by atoms with Crippen molar-refractivity contribution in [3.8, 4) is 0 Å². The average Bonchev–Trinajstić information content (AvgIpc) is 2.85. The first-order valence-corrected chi connectivity index (χ1v) is 11.9. The number of halogens is 3. The highest BCUT2D eigenvalue weighted by Gasteiger charge is 2.36. The van der Waals surface area contributed by atoms with Gasteiger partial charge in [-0.25, -0.2) is 0 Å². The van der Waals surface area contributed by atoms with Gasteiger partial charge in [-0.15, -0.1) is 0 Å². The topological polar surface area (TPSA) is 33.2 Å². The van der Waals surface area contributed by atoms with Crippen LogP contribution < -0.4 is 0 Å². The van der Waals surface area contributed by atoms with Gasteiger partial charge in [-0.2, -0.15) is 0 Å². The highest BCUT2D eigenvalue weighted by Crippen LogP contribution is 2.46. The summed E-state index contributed by atoms with van der Waals surface area (Å²) in [5.74, 6) is 0.826. The first-order valence-electron chi connectivity index (χ1n) is 10.4. The van der Waals surface area contributed by atoms with Crippen molar-refractivity contribution >= 4 is 45.0 Å². The summed E-state index contributed by atoms with van der Waals surface area (Å²) in [4.78, 5) is 19.2. The summed E-state index contributed by atoms with van der Waals surface area (Å²) in [5, 5.41) is 1.42. The summed E-state index contributed by atoms with van der Waals surface area (Å²) in [7, 11) is 0. The molecule has 0 spiro atoms. The van der Waals surface area contributed by atoms with Crippen LogP contribution in [0.4, 0.5) is 0 Å². The molecule has 1 atom stereocenters. The summed E-state index contributed by atoms with van der Waals surface area (Å²) in [6, 6.07) is 6.12. The quantitative estimate of drug-likeness (QED) is 0.492. The number of nitrogens with zero attached hydrogens (tertiary/aromatic N) is 2. The van der Waals surface area contributed by atoms with Crippen LogP contribution in [0.25, 0.3) is 0 Å². The van der Waals surface area contributed by atoms with Crippen LogP contribution in [-0.2, 0) is 17.6 Å². The van der Waals surface area contributed by atoms with Crippen molar-refractivity contribution in [3.63, 3.8) is 0 Å². The van der Waals surface area contributed by atoms with Crippen molar-refractivity contribution in [1.82, 2.24) is 9.88 Å². The van der Waals surface area contributed by atoms with Crippen molar-refractivity contribution in [2.24, 2.45) is 5.92 Å². The summed E-state index contributed by atoms with van der Waals surface area (Å²) >= 11 is 16.7. The van der Waals surface area contributed by atoms with E-state index < -0.39 is 0 Å². The second-order valence-electron chi connectivity index (χ2n) is 8.10. The normalized spacial score (nSPS) is 19.4. The number of hydrogen-bond donors (Lipinski definition) is 0. The Morgan fingerprint density at radius 3 is 2.62 bits per heavy atom. The maximum atomic E-state index is 12.3. The number of carbonyl (C=O) groups excluding carboxylic acids is 1. The van der Waals surface area contributed by atoms with Crippen molar-refractivity contribution in [3.05, 3.63) is 61.3 Å². The Hall–Kier alpha value is -1.10. The van der Waals surface area contributed by atoms with E-state index in [0.29, 0.717) is 17.4 Å². The number of benzene rings is 1. The first-order chi connectivity index (χ1) is 14.0. The zero-order valence-electron chi connectivity index (χ0n) is 16.6. The molecular weight excluding hydrogens is 471 g/mol. The van der Waals surface area contributed by atoms with E-state index in [-0.39, 0.29) is 11.8 Å². The lowest BCUT2D eigenvalue weighted by Crippen LogP contribution is -2.40. The van der Waals surface area contributed by atoms with E-state index in [1.165, 1.54) is 16.7 Å². The first kappa shape index (κ1) is 21.1. The molecule has 29 heavy (non-hydrogen) atoms. The Morgan fingerprint density at radius 2 is 1.90 bits per heavy atom. The number of piperidine rings is 1. The van der Waals surface area contributed by atoms with E-state index in [9.17, 15) is 4.79 Å². The fourth-order valence-electron chi connectivity index (χ4n) is 4.88. The lowest BCUT2D eigenvalue weighted by molar-refractivity contribution is -0.132. The number of hydrogen-bond acceptors (Lipinski definition) is 2. The number of likely N-dealkylation sites (tertiary alicyclic amines) is 1. The predicted octanol–water partition coefficient (Wildman–Crippen LogP) is 6.42. The molecule has 0 saturated carbocycles. The second-order valence-corrected chi connectivity index (χ2v) is 9.86. The minimum Gasteiger partial charge on any atom is -0.343 e. The number of aromatic nitrogens is 1. The maximum absolute atomic E-state index is 12.3. The second kappa shape index (κ2) is 8.95. The van der Waals surface area contributed by atoms with E-state index in [4.69, 9.17) is 28.2 Å². The van der Waals surface area contributed by atoms with Crippen LogP contribution in [0.3, 0.4) is 0 Å². The number of fused-ring (bicyclic) bond motifs is 2. The van der Waals surface area contributed by atoms with Crippen molar-refractivity contribution in [2.45, 2.75) is 51.4 Å². The van der Waals surface area contributed by atoms with Gasteiger partial charge in [0.05, 0.1) is 5.69 Å². The number of aryl methyl sites for hydroxylation is 2. The van der Waals surface area contributed by atoms with Gasteiger partial charge in [-0.1, -0.05) is 30.1 Å². The van der Waals surface area contributed by atoms with Gasteiger partial charge >= 0.3 is 0 Å². The summed E-state index contributed by atoms with van der Waals surface area (Å²) in [6.45, 7) is 3.68. The molecule has 1 aliphatic carbocycles. The minimum atomic E-state index is 0.142. The zero-order chi connectivity index (χ0) is 20.5. The van der Waals surface area contributed by atoms with Crippen molar-refractivity contribution in [1.29, 1.82) is 0 Å². The Morgan fingerprint density at radius 1 is 1.17 bits per heavy atom. The number of pyridine rings is 1. The van der Waals surface area contributed by atoms with Crippen LogP contribution in [0.15, 0.2) is 28.9 Å². The van der Waals surface area contributed by atoms with E-state index in [0.717, 1.165) is 60.4 Å². The Balaban J connectivity index is 1.72. The molecule has 154 valence electrons. The number of amides is 1. The molecule has 0 radical (unpaired) electrons. The molecule has 0 N–H and O–H groups in total. The molecule has 1 aromatic heterocycles. The van der Waals surface area contributed by atoms with Crippen molar-refractivity contribution in [2.75, 3.05) is 13.1 Å². The molecule has 1 amide bonds. The third kappa shape index (κ3) is 4.35. The van der Waals surface area contributed by atoms with E-state index in [2.05, 4.69) is 35.0 Å². The Labute approximate surface area is 190 Å². The third-order valence-electron chi connectivity index (χ3n) is 6.24. The molecule has 4 rings (SSSR count). The Kier molecular flexibility index (Phi) is 6.53. The number of rotatable bonds is 3. The molecule has 0 bridgehead atoms. The smallest absolute Gasteiger partial charge is 0.222 e. The molecule has 1 fully saturated rings. The fraction of sp³-hybridized carbons (Fsp3) is 0.478. The van der Waals surface area contributed by atoms with Crippen LogP contribution >= 0.6 is 39.1 Å². The van der Waals surface area contributed by atoms with Crippen molar-refractivity contribution < 1.29 is 4.79 Å². The molecule has 1 aromatic carbocycles. The largest absolute Gasteiger partial charge is 0.343 e. The van der Waals surface area contributed by atoms with E-state index in [1.807, 2.05) is 17.2 Å².